The molecule has 106 valence electrons. The zero-order valence-corrected chi connectivity index (χ0v) is 12.3. The second-order valence-corrected chi connectivity index (χ2v) is 7.30. The quantitative estimate of drug-likeness (QED) is 0.871. The topological polar surface area (TPSA) is 71.4 Å². The molecule has 0 aliphatic carbocycles. The van der Waals surface area contributed by atoms with Crippen LogP contribution in [0.1, 0.15) is 37.8 Å². The van der Waals surface area contributed by atoms with Crippen LogP contribution in [-0.4, -0.2) is 25.2 Å². The van der Waals surface area contributed by atoms with E-state index in [0.29, 0.717) is 11.5 Å². The molecule has 0 aliphatic rings. The lowest BCUT2D eigenvalue weighted by Gasteiger charge is -2.09. The van der Waals surface area contributed by atoms with Gasteiger partial charge in [0.05, 0.1) is 17.4 Å². The van der Waals surface area contributed by atoms with E-state index >= 15 is 0 Å². The van der Waals surface area contributed by atoms with Gasteiger partial charge in [-0.05, 0) is 17.0 Å². The van der Waals surface area contributed by atoms with E-state index in [1.54, 1.807) is 12.1 Å². The van der Waals surface area contributed by atoms with E-state index in [0.717, 1.165) is 5.56 Å². The fraction of sp³-hybridized carbons (Fsp3) is 0.500. The SMILES string of the molecule is CC(CS(=O)(=O)Cc1ccc(C(C)C)cc1)C(=O)O. The first-order chi connectivity index (χ1) is 8.71. The third-order valence-electron chi connectivity index (χ3n) is 2.96. The minimum atomic E-state index is -3.39. The van der Waals surface area contributed by atoms with E-state index in [9.17, 15) is 13.2 Å². The molecule has 0 spiro atoms. The average molecular weight is 284 g/mol. The molecule has 1 unspecified atom stereocenters. The lowest BCUT2D eigenvalue weighted by Crippen LogP contribution is -2.22. The van der Waals surface area contributed by atoms with Gasteiger partial charge < -0.3 is 5.11 Å². The zero-order valence-electron chi connectivity index (χ0n) is 11.5. The van der Waals surface area contributed by atoms with Gasteiger partial charge in [-0.25, -0.2) is 8.42 Å². The van der Waals surface area contributed by atoms with Crippen molar-refractivity contribution in [3.8, 4) is 0 Å². The monoisotopic (exact) mass is 284 g/mol. The molecule has 1 aromatic carbocycles. The van der Waals surface area contributed by atoms with Crippen LogP contribution in [0.15, 0.2) is 24.3 Å². The number of carboxylic acid groups (broad SMARTS) is 1. The van der Waals surface area contributed by atoms with Gasteiger partial charge in [-0.2, -0.15) is 0 Å². The predicted molar refractivity (Wildman–Crippen MR) is 74.8 cm³/mol. The van der Waals surface area contributed by atoms with Crippen LogP contribution in [0, 0.1) is 5.92 Å². The van der Waals surface area contributed by atoms with Crippen LogP contribution in [0.2, 0.25) is 0 Å². The Labute approximate surface area is 114 Å². The van der Waals surface area contributed by atoms with E-state index in [4.69, 9.17) is 5.11 Å². The maximum Gasteiger partial charge on any atom is 0.307 e. The Morgan fingerprint density at radius 3 is 2.11 bits per heavy atom. The van der Waals surface area contributed by atoms with Gasteiger partial charge in [0.15, 0.2) is 9.84 Å². The van der Waals surface area contributed by atoms with E-state index in [2.05, 4.69) is 13.8 Å². The van der Waals surface area contributed by atoms with E-state index in [1.165, 1.54) is 6.92 Å². The predicted octanol–water partition coefficient (Wildman–Crippen LogP) is 2.45. The maximum atomic E-state index is 11.9. The molecule has 0 bridgehead atoms. The van der Waals surface area contributed by atoms with Crippen molar-refractivity contribution in [2.24, 2.45) is 5.92 Å². The molecular weight excluding hydrogens is 264 g/mol. The molecule has 0 aliphatic heterocycles. The van der Waals surface area contributed by atoms with Gasteiger partial charge in [0, 0.05) is 0 Å². The molecule has 5 heteroatoms. The fourth-order valence-corrected chi connectivity index (χ4v) is 3.49. The van der Waals surface area contributed by atoms with Gasteiger partial charge in [0.1, 0.15) is 0 Å². The average Bonchev–Trinajstić information content (AvgIpc) is 2.28. The number of hydrogen-bond acceptors (Lipinski definition) is 3. The van der Waals surface area contributed by atoms with Gasteiger partial charge in [0.2, 0.25) is 0 Å². The molecule has 0 fully saturated rings. The third-order valence-corrected chi connectivity index (χ3v) is 4.74. The highest BCUT2D eigenvalue weighted by Crippen LogP contribution is 2.16. The Hall–Kier alpha value is -1.36. The molecule has 0 saturated carbocycles. The first-order valence-corrected chi connectivity index (χ1v) is 8.05. The van der Waals surface area contributed by atoms with Crippen molar-refractivity contribution in [1.29, 1.82) is 0 Å². The Bertz CT molecular complexity index is 529. The zero-order chi connectivity index (χ0) is 14.6. The van der Waals surface area contributed by atoms with Crippen LogP contribution in [0.5, 0.6) is 0 Å². The van der Waals surface area contributed by atoms with Crippen molar-refractivity contribution in [1.82, 2.24) is 0 Å². The van der Waals surface area contributed by atoms with Gasteiger partial charge in [-0.3, -0.25) is 4.79 Å². The van der Waals surface area contributed by atoms with Gasteiger partial charge in [-0.15, -0.1) is 0 Å². The first kappa shape index (κ1) is 15.7. The molecule has 4 nitrogen and oxygen atoms in total. The molecule has 0 heterocycles. The van der Waals surface area contributed by atoms with Crippen molar-refractivity contribution in [3.63, 3.8) is 0 Å². The largest absolute Gasteiger partial charge is 0.481 e. The summed E-state index contributed by atoms with van der Waals surface area (Å²) in [4.78, 5) is 10.7. The minimum Gasteiger partial charge on any atom is -0.481 e. The summed E-state index contributed by atoms with van der Waals surface area (Å²) in [6.45, 7) is 5.54. The molecule has 0 saturated heterocycles. The summed E-state index contributed by atoms with van der Waals surface area (Å²) in [7, 11) is -3.39. The Morgan fingerprint density at radius 1 is 1.16 bits per heavy atom. The highest BCUT2D eigenvalue weighted by molar-refractivity contribution is 7.90. The Morgan fingerprint density at radius 2 is 1.68 bits per heavy atom. The summed E-state index contributed by atoms with van der Waals surface area (Å²) in [6.07, 6.45) is 0. The normalized spacial score (nSPS) is 13.5. The number of hydrogen-bond donors (Lipinski definition) is 1. The number of rotatable bonds is 6. The summed E-state index contributed by atoms with van der Waals surface area (Å²) in [5, 5.41) is 8.74. The van der Waals surface area contributed by atoms with Gasteiger partial charge in [-0.1, -0.05) is 45.0 Å². The second-order valence-electron chi connectivity index (χ2n) is 5.19. The molecule has 1 aromatic rings. The smallest absolute Gasteiger partial charge is 0.307 e. The van der Waals surface area contributed by atoms with Crippen molar-refractivity contribution in [3.05, 3.63) is 35.4 Å². The van der Waals surface area contributed by atoms with Gasteiger partial charge >= 0.3 is 5.97 Å². The number of carbonyl (C=O) groups is 1. The molecule has 1 atom stereocenters. The summed E-state index contributed by atoms with van der Waals surface area (Å²) < 4.78 is 23.7. The van der Waals surface area contributed by atoms with Crippen LogP contribution in [-0.2, 0) is 20.4 Å². The molecule has 0 radical (unpaired) electrons. The summed E-state index contributed by atoms with van der Waals surface area (Å²) in [6, 6.07) is 7.41. The molecule has 0 amide bonds. The number of benzene rings is 1. The van der Waals surface area contributed by atoms with Crippen LogP contribution in [0.25, 0.3) is 0 Å². The van der Waals surface area contributed by atoms with Crippen molar-refractivity contribution >= 4 is 15.8 Å². The summed E-state index contributed by atoms with van der Waals surface area (Å²) in [5.41, 5.74) is 1.85. The molecular formula is C14H20O4S. The third kappa shape index (κ3) is 5.03. The van der Waals surface area contributed by atoms with Crippen LogP contribution >= 0.6 is 0 Å². The maximum absolute atomic E-state index is 11.9. The number of sulfone groups is 1. The van der Waals surface area contributed by atoms with E-state index in [1.807, 2.05) is 12.1 Å². The van der Waals surface area contributed by atoms with E-state index in [-0.39, 0.29) is 11.5 Å². The number of aliphatic carboxylic acids is 1. The highest BCUT2D eigenvalue weighted by atomic mass is 32.2. The van der Waals surface area contributed by atoms with E-state index < -0.39 is 21.7 Å². The standard InChI is InChI=1S/C14H20O4S/c1-10(2)13-6-4-12(5-7-13)9-19(17,18)8-11(3)14(15)16/h4-7,10-11H,8-9H2,1-3H3,(H,15,16). The van der Waals surface area contributed by atoms with Crippen molar-refractivity contribution in [2.45, 2.75) is 32.4 Å². The Balaban J connectivity index is 2.75. The Kier molecular flexibility index (Phi) is 5.11. The van der Waals surface area contributed by atoms with Crippen molar-refractivity contribution in [2.75, 3.05) is 5.75 Å². The van der Waals surface area contributed by atoms with Crippen LogP contribution in [0.3, 0.4) is 0 Å². The molecule has 1 rings (SSSR count). The summed E-state index contributed by atoms with van der Waals surface area (Å²) >= 11 is 0. The lowest BCUT2D eigenvalue weighted by molar-refractivity contribution is -0.140. The first-order valence-electron chi connectivity index (χ1n) is 6.23. The van der Waals surface area contributed by atoms with Crippen LogP contribution < -0.4 is 0 Å². The molecule has 1 N–H and O–H groups in total. The number of carboxylic acids is 1. The highest BCUT2D eigenvalue weighted by Gasteiger charge is 2.21. The lowest BCUT2D eigenvalue weighted by atomic mass is 10.0. The fourth-order valence-electron chi connectivity index (χ4n) is 1.76. The van der Waals surface area contributed by atoms with Crippen molar-refractivity contribution < 1.29 is 18.3 Å². The molecule has 19 heavy (non-hydrogen) atoms. The van der Waals surface area contributed by atoms with Crippen LogP contribution in [0.4, 0.5) is 0 Å². The summed E-state index contributed by atoms with van der Waals surface area (Å²) in [5.74, 6) is -1.99. The second kappa shape index (κ2) is 6.19. The molecule has 0 aromatic heterocycles. The minimum absolute atomic E-state index is 0.108. The van der Waals surface area contributed by atoms with Gasteiger partial charge in [0.25, 0.3) is 0 Å².